The molecule has 2 aromatic heterocycles. The Kier molecular flexibility index (Phi) is 5.31. The van der Waals surface area contributed by atoms with Gasteiger partial charge in [-0.15, -0.1) is 0 Å². The number of aryl methyl sites for hydroxylation is 1. The van der Waals surface area contributed by atoms with E-state index < -0.39 is 0 Å². The summed E-state index contributed by atoms with van der Waals surface area (Å²) in [5.41, 5.74) is 2.04. The summed E-state index contributed by atoms with van der Waals surface area (Å²) < 4.78 is 1.98. The van der Waals surface area contributed by atoms with Crippen molar-refractivity contribution in [2.24, 2.45) is 0 Å². The van der Waals surface area contributed by atoms with Crippen LogP contribution >= 0.6 is 0 Å². The Bertz CT molecular complexity index is 574. The van der Waals surface area contributed by atoms with E-state index in [1.54, 1.807) is 0 Å². The van der Waals surface area contributed by atoms with Crippen molar-refractivity contribution in [1.82, 2.24) is 19.7 Å². The number of nitrogens with zero attached hydrogens (tertiary/aromatic N) is 4. The molecule has 1 N–H and O–H groups in total. The molecule has 0 fully saturated rings. The number of aromatic nitrogens is 4. The zero-order valence-corrected chi connectivity index (χ0v) is 13.4. The molecule has 0 aliphatic heterocycles. The fraction of sp³-hybridized carbons (Fsp3) is 0.562. The monoisotopic (exact) mass is 287 g/mol. The van der Waals surface area contributed by atoms with E-state index in [1.807, 2.05) is 23.0 Å². The fourth-order valence-corrected chi connectivity index (χ4v) is 2.13. The first-order valence-corrected chi connectivity index (χ1v) is 7.80. The molecule has 5 nitrogen and oxygen atoms in total. The topological polar surface area (TPSA) is 55.6 Å². The van der Waals surface area contributed by atoms with Gasteiger partial charge < -0.3 is 5.32 Å². The van der Waals surface area contributed by atoms with E-state index in [1.165, 1.54) is 0 Å². The second kappa shape index (κ2) is 7.20. The highest BCUT2D eigenvalue weighted by Crippen LogP contribution is 2.22. The maximum absolute atomic E-state index is 4.71. The SMILES string of the molecule is CCCNc1cc(C(C)C)nc(-c2ccnn2CCC)n1. The van der Waals surface area contributed by atoms with Crippen molar-refractivity contribution in [3.63, 3.8) is 0 Å². The molecule has 0 bridgehead atoms. The molecule has 0 atom stereocenters. The molecule has 2 heterocycles. The van der Waals surface area contributed by atoms with Crippen molar-refractivity contribution < 1.29 is 0 Å². The zero-order chi connectivity index (χ0) is 15.2. The Hall–Kier alpha value is -1.91. The van der Waals surface area contributed by atoms with Crippen molar-refractivity contribution in [2.75, 3.05) is 11.9 Å². The quantitative estimate of drug-likeness (QED) is 0.843. The summed E-state index contributed by atoms with van der Waals surface area (Å²) >= 11 is 0. The van der Waals surface area contributed by atoms with Crippen LogP contribution in [0.25, 0.3) is 11.5 Å². The predicted octanol–water partition coefficient (Wildman–Crippen LogP) is 3.70. The van der Waals surface area contributed by atoms with Gasteiger partial charge in [0.15, 0.2) is 5.82 Å². The normalized spacial score (nSPS) is 11.1. The first-order chi connectivity index (χ1) is 10.2. The molecule has 0 aliphatic carbocycles. The average molecular weight is 287 g/mol. The summed E-state index contributed by atoms with van der Waals surface area (Å²) in [4.78, 5) is 9.37. The molecule has 114 valence electrons. The molecule has 0 saturated carbocycles. The van der Waals surface area contributed by atoms with Crippen LogP contribution in [-0.2, 0) is 6.54 Å². The lowest BCUT2D eigenvalue weighted by Crippen LogP contribution is -2.09. The average Bonchev–Trinajstić information content (AvgIpc) is 2.93. The molecule has 2 aromatic rings. The van der Waals surface area contributed by atoms with E-state index in [0.717, 1.165) is 49.0 Å². The Morgan fingerprint density at radius 3 is 2.67 bits per heavy atom. The Labute approximate surface area is 126 Å². The lowest BCUT2D eigenvalue weighted by Gasteiger charge is -2.12. The van der Waals surface area contributed by atoms with E-state index in [4.69, 9.17) is 4.98 Å². The first kappa shape index (κ1) is 15.5. The number of hydrogen-bond donors (Lipinski definition) is 1. The van der Waals surface area contributed by atoms with Crippen molar-refractivity contribution in [2.45, 2.75) is 53.0 Å². The van der Waals surface area contributed by atoms with E-state index >= 15 is 0 Å². The van der Waals surface area contributed by atoms with Crippen molar-refractivity contribution in [3.8, 4) is 11.5 Å². The molecule has 0 saturated heterocycles. The van der Waals surface area contributed by atoms with E-state index in [9.17, 15) is 0 Å². The highest BCUT2D eigenvalue weighted by molar-refractivity contribution is 5.53. The van der Waals surface area contributed by atoms with Crippen molar-refractivity contribution in [1.29, 1.82) is 0 Å². The number of hydrogen-bond acceptors (Lipinski definition) is 4. The minimum absolute atomic E-state index is 0.372. The molecule has 0 radical (unpaired) electrons. The van der Waals surface area contributed by atoms with Crippen LogP contribution in [0.1, 0.15) is 52.1 Å². The molecular weight excluding hydrogens is 262 g/mol. The van der Waals surface area contributed by atoms with Gasteiger partial charge in [0.05, 0.1) is 0 Å². The molecule has 0 aromatic carbocycles. The van der Waals surface area contributed by atoms with E-state index in [0.29, 0.717) is 5.92 Å². The number of anilines is 1. The van der Waals surface area contributed by atoms with Crippen LogP contribution in [0.5, 0.6) is 0 Å². The lowest BCUT2D eigenvalue weighted by atomic mass is 10.1. The molecule has 21 heavy (non-hydrogen) atoms. The van der Waals surface area contributed by atoms with Gasteiger partial charge in [-0.3, -0.25) is 4.68 Å². The predicted molar refractivity (Wildman–Crippen MR) is 86.4 cm³/mol. The van der Waals surface area contributed by atoms with Crippen LogP contribution in [0.4, 0.5) is 5.82 Å². The number of nitrogens with one attached hydrogen (secondary N) is 1. The molecule has 0 amide bonds. The third-order valence-electron chi connectivity index (χ3n) is 3.27. The molecule has 0 spiro atoms. The van der Waals surface area contributed by atoms with Crippen LogP contribution < -0.4 is 5.32 Å². The van der Waals surface area contributed by atoms with Gasteiger partial charge in [0.1, 0.15) is 11.5 Å². The summed E-state index contributed by atoms with van der Waals surface area (Å²) in [7, 11) is 0. The van der Waals surface area contributed by atoms with Crippen LogP contribution in [0.2, 0.25) is 0 Å². The summed E-state index contributed by atoms with van der Waals surface area (Å²) in [5, 5.41) is 7.73. The summed E-state index contributed by atoms with van der Waals surface area (Å²) in [6.07, 6.45) is 3.93. The fourth-order valence-electron chi connectivity index (χ4n) is 2.13. The van der Waals surface area contributed by atoms with Gasteiger partial charge in [-0.2, -0.15) is 5.10 Å². The highest BCUT2D eigenvalue weighted by Gasteiger charge is 2.12. The standard InChI is InChI=1S/C16H25N5/c1-5-8-17-15-11-13(12(3)4)19-16(20-15)14-7-9-18-21(14)10-6-2/h7,9,11-12H,5-6,8,10H2,1-4H3,(H,17,19,20). The molecule has 5 heteroatoms. The van der Waals surface area contributed by atoms with Crippen LogP contribution in [0.3, 0.4) is 0 Å². The van der Waals surface area contributed by atoms with Gasteiger partial charge in [-0.1, -0.05) is 27.7 Å². The molecule has 0 unspecified atom stereocenters. The van der Waals surface area contributed by atoms with Gasteiger partial charge >= 0.3 is 0 Å². The van der Waals surface area contributed by atoms with Gasteiger partial charge in [0.2, 0.25) is 0 Å². The lowest BCUT2D eigenvalue weighted by molar-refractivity contribution is 0.606. The van der Waals surface area contributed by atoms with E-state index in [2.05, 4.69) is 43.1 Å². The molecule has 2 rings (SSSR count). The van der Waals surface area contributed by atoms with Crippen LogP contribution in [0, 0.1) is 0 Å². The maximum atomic E-state index is 4.71. The van der Waals surface area contributed by atoms with Crippen LogP contribution in [0.15, 0.2) is 18.3 Å². The largest absolute Gasteiger partial charge is 0.370 e. The smallest absolute Gasteiger partial charge is 0.180 e. The van der Waals surface area contributed by atoms with Crippen molar-refractivity contribution >= 4 is 5.82 Å². The summed E-state index contributed by atoms with van der Waals surface area (Å²) in [6, 6.07) is 4.03. The second-order valence-corrected chi connectivity index (χ2v) is 5.52. The third kappa shape index (κ3) is 3.80. The Morgan fingerprint density at radius 2 is 2.00 bits per heavy atom. The summed E-state index contributed by atoms with van der Waals surface area (Å²) in [6.45, 7) is 10.4. The van der Waals surface area contributed by atoms with Gasteiger partial charge in [-0.25, -0.2) is 9.97 Å². The summed E-state index contributed by atoms with van der Waals surface area (Å²) in [5.74, 6) is 2.03. The van der Waals surface area contributed by atoms with Crippen molar-refractivity contribution in [3.05, 3.63) is 24.0 Å². The maximum Gasteiger partial charge on any atom is 0.180 e. The first-order valence-electron chi connectivity index (χ1n) is 7.80. The molecular formula is C16H25N5. The van der Waals surface area contributed by atoms with Gasteiger partial charge in [0, 0.05) is 31.0 Å². The Morgan fingerprint density at radius 1 is 1.19 bits per heavy atom. The third-order valence-corrected chi connectivity index (χ3v) is 3.27. The van der Waals surface area contributed by atoms with E-state index in [-0.39, 0.29) is 0 Å². The van der Waals surface area contributed by atoms with Gasteiger partial charge in [-0.05, 0) is 24.8 Å². The Balaban J connectivity index is 2.41. The number of rotatable bonds is 7. The minimum Gasteiger partial charge on any atom is -0.370 e. The van der Waals surface area contributed by atoms with Gasteiger partial charge in [0.25, 0.3) is 0 Å². The zero-order valence-electron chi connectivity index (χ0n) is 13.4. The van der Waals surface area contributed by atoms with Crippen LogP contribution in [-0.4, -0.2) is 26.3 Å². The minimum atomic E-state index is 0.372. The molecule has 0 aliphatic rings. The highest BCUT2D eigenvalue weighted by atomic mass is 15.3. The second-order valence-electron chi connectivity index (χ2n) is 5.52.